The highest BCUT2D eigenvalue weighted by molar-refractivity contribution is 6.19. The van der Waals surface area contributed by atoms with E-state index in [1.165, 1.54) is 4.90 Å². The Morgan fingerprint density at radius 1 is 1.26 bits per heavy atom. The summed E-state index contributed by atoms with van der Waals surface area (Å²) < 4.78 is 0. The molecule has 2 rings (SSSR count). The van der Waals surface area contributed by atoms with Gasteiger partial charge in [-0.05, 0) is 43.1 Å². The van der Waals surface area contributed by atoms with E-state index in [2.05, 4.69) is 0 Å². The number of carbonyl (C=O) groups excluding carboxylic acids is 2. The highest BCUT2D eigenvalue weighted by Crippen LogP contribution is 2.30. The van der Waals surface area contributed by atoms with Crippen LogP contribution in [0.5, 0.6) is 0 Å². The normalized spacial score (nSPS) is 13.8. The number of hydrogen-bond donors (Lipinski definition) is 2. The van der Waals surface area contributed by atoms with Gasteiger partial charge in [0.25, 0.3) is 0 Å². The third-order valence-corrected chi connectivity index (χ3v) is 3.25. The summed E-state index contributed by atoms with van der Waals surface area (Å²) in [6.07, 6.45) is 1.99. The number of nitrogens with two attached hydrogens (primary N) is 2. The van der Waals surface area contributed by atoms with E-state index in [1.807, 2.05) is 18.2 Å². The van der Waals surface area contributed by atoms with Crippen LogP contribution in [0.1, 0.15) is 24.0 Å². The molecule has 0 atom stereocenters. The molecule has 0 fully saturated rings. The lowest BCUT2D eigenvalue weighted by atomic mass is 10.1. The van der Waals surface area contributed by atoms with Crippen molar-refractivity contribution in [2.24, 2.45) is 11.5 Å². The smallest absolute Gasteiger partial charge is 0.238 e. The Labute approximate surface area is 112 Å². The Morgan fingerprint density at radius 3 is 2.74 bits per heavy atom. The molecule has 1 aromatic rings. The van der Waals surface area contributed by atoms with Crippen LogP contribution in [-0.4, -0.2) is 24.9 Å². The Hall–Kier alpha value is -1.72. The van der Waals surface area contributed by atoms with Crippen LogP contribution >= 0.6 is 0 Å². The van der Waals surface area contributed by atoms with Gasteiger partial charge in [0, 0.05) is 6.42 Å². The summed E-state index contributed by atoms with van der Waals surface area (Å²) >= 11 is 0. The van der Waals surface area contributed by atoms with E-state index in [9.17, 15) is 9.59 Å². The van der Waals surface area contributed by atoms with E-state index in [4.69, 9.17) is 11.5 Å². The van der Waals surface area contributed by atoms with Crippen LogP contribution in [0.15, 0.2) is 18.2 Å². The number of hydrogen-bond acceptors (Lipinski definition) is 4. The number of carbonyl (C=O) groups is 2. The lowest BCUT2D eigenvalue weighted by molar-refractivity contribution is -0.125. The number of benzene rings is 1. The van der Waals surface area contributed by atoms with Gasteiger partial charge in [-0.25, -0.2) is 4.90 Å². The average molecular weight is 261 g/mol. The molecule has 102 valence electrons. The van der Waals surface area contributed by atoms with Crippen LogP contribution in [0.3, 0.4) is 0 Å². The summed E-state index contributed by atoms with van der Waals surface area (Å²) in [5, 5.41) is 0. The van der Waals surface area contributed by atoms with Gasteiger partial charge in [-0.1, -0.05) is 12.1 Å². The van der Waals surface area contributed by atoms with Gasteiger partial charge in [0.15, 0.2) is 0 Å². The summed E-state index contributed by atoms with van der Waals surface area (Å²) in [4.78, 5) is 25.3. The van der Waals surface area contributed by atoms with Crippen molar-refractivity contribution in [3.05, 3.63) is 29.3 Å². The second-order valence-corrected chi connectivity index (χ2v) is 4.69. The number of anilines is 1. The molecular weight excluding hydrogens is 242 g/mol. The monoisotopic (exact) mass is 261 g/mol. The maximum Gasteiger partial charge on any atom is 0.238 e. The molecule has 19 heavy (non-hydrogen) atoms. The first-order valence-electron chi connectivity index (χ1n) is 6.55. The van der Waals surface area contributed by atoms with Crippen molar-refractivity contribution in [3.63, 3.8) is 0 Å². The first-order valence-corrected chi connectivity index (χ1v) is 6.55. The molecule has 1 aliphatic rings. The molecule has 4 N–H and O–H groups in total. The maximum atomic E-state index is 12.0. The van der Waals surface area contributed by atoms with E-state index in [1.54, 1.807) is 0 Å². The fraction of sp³-hybridized carbons (Fsp3) is 0.429. The minimum absolute atomic E-state index is 0.151. The molecule has 0 bridgehead atoms. The fourth-order valence-electron chi connectivity index (χ4n) is 2.34. The molecule has 1 heterocycles. The number of rotatable bonds is 5. The standard InChI is InChI=1S/C14H19N3O2/c15-6-1-2-13(18)17-12-4-3-10(5-7-16)8-11(12)9-14(17)19/h3-4,8H,1-2,5-7,9,15-16H2. The van der Waals surface area contributed by atoms with Crippen molar-refractivity contribution in [2.75, 3.05) is 18.0 Å². The van der Waals surface area contributed by atoms with Crippen molar-refractivity contribution < 1.29 is 9.59 Å². The van der Waals surface area contributed by atoms with Gasteiger partial charge in [0.05, 0.1) is 12.1 Å². The van der Waals surface area contributed by atoms with Crippen LogP contribution in [0.2, 0.25) is 0 Å². The van der Waals surface area contributed by atoms with Crippen molar-refractivity contribution in [3.8, 4) is 0 Å². The molecule has 0 saturated carbocycles. The third kappa shape index (κ3) is 2.83. The molecule has 5 heteroatoms. The molecule has 0 unspecified atom stereocenters. The molecule has 0 spiro atoms. The van der Waals surface area contributed by atoms with Crippen molar-refractivity contribution >= 4 is 17.5 Å². The quantitative estimate of drug-likeness (QED) is 0.800. The summed E-state index contributed by atoms with van der Waals surface area (Å²) in [5.74, 6) is -0.317. The lowest BCUT2D eigenvalue weighted by Crippen LogP contribution is -2.33. The molecular formula is C14H19N3O2. The molecule has 0 saturated heterocycles. The Balaban J connectivity index is 2.21. The maximum absolute atomic E-state index is 12.0. The number of amides is 2. The van der Waals surface area contributed by atoms with Crippen molar-refractivity contribution in [1.82, 2.24) is 0 Å². The van der Waals surface area contributed by atoms with Crippen molar-refractivity contribution in [1.29, 1.82) is 0 Å². The minimum Gasteiger partial charge on any atom is -0.330 e. The van der Waals surface area contributed by atoms with E-state index < -0.39 is 0 Å². The molecule has 1 aromatic carbocycles. The second-order valence-electron chi connectivity index (χ2n) is 4.69. The largest absolute Gasteiger partial charge is 0.330 e. The Bertz CT molecular complexity index is 499. The van der Waals surface area contributed by atoms with Crippen LogP contribution in [0, 0.1) is 0 Å². The summed E-state index contributed by atoms with van der Waals surface area (Å²) in [7, 11) is 0. The van der Waals surface area contributed by atoms with E-state index in [0.29, 0.717) is 38.0 Å². The molecule has 2 amide bonds. The van der Waals surface area contributed by atoms with E-state index >= 15 is 0 Å². The Kier molecular flexibility index (Phi) is 4.29. The molecule has 0 radical (unpaired) electrons. The fourth-order valence-corrected chi connectivity index (χ4v) is 2.34. The Morgan fingerprint density at radius 2 is 2.05 bits per heavy atom. The van der Waals surface area contributed by atoms with Gasteiger partial charge in [-0.15, -0.1) is 0 Å². The number of fused-ring (bicyclic) bond motifs is 1. The molecule has 5 nitrogen and oxygen atoms in total. The summed E-state index contributed by atoms with van der Waals surface area (Å²) in [6.45, 7) is 1.03. The van der Waals surface area contributed by atoms with Crippen LogP contribution in [-0.2, 0) is 22.4 Å². The highest BCUT2D eigenvalue weighted by Gasteiger charge is 2.31. The molecule has 0 aliphatic carbocycles. The third-order valence-electron chi connectivity index (χ3n) is 3.25. The molecule has 0 aromatic heterocycles. The zero-order valence-corrected chi connectivity index (χ0v) is 10.9. The molecule has 1 aliphatic heterocycles. The van der Waals surface area contributed by atoms with Gasteiger partial charge in [0.2, 0.25) is 11.8 Å². The predicted octanol–water partition coefficient (Wildman–Crippen LogP) is 0.342. The first kappa shape index (κ1) is 13.7. The van der Waals surface area contributed by atoms with Gasteiger partial charge in [-0.3, -0.25) is 9.59 Å². The van der Waals surface area contributed by atoms with Gasteiger partial charge in [-0.2, -0.15) is 0 Å². The van der Waals surface area contributed by atoms with E-state index in [0.717, 1.165) is 17.5 Å². The second kappa shape index (κ2) is 5.95. The van der Waals surface area contributed by atoms with Gasteiger partial charge < -0.3 is 11.5 Å². The van der Waals surface area contributed by atoms with Crippen LogP contribution < -0.4 is 16.4 Å². The lowest BCUT2D eigenvalue weighted by Gasteiger charge is -2.15. The SMILES string of the molecule is NCCCC(=O)N1C(=O)Cc2cc(CCN)ccc21. The summed E-state index contributed by atoms with van der Waals surface area (Å²) in [5.41, 5.74) is 13.6. The van der Waals surface area contributed by atoms with Crippen molar-refractivity contribution in [2.45, 2.75) is 25.7 Å². The van der Waals surface area contributed by atoms with Crippen LogP contribution in [0.4, 0.5) is 5.69 Å². The number of nitrogens with zero attached hydrogens (tertiary/aromatic N) is 1. The average Bonchev–Trinajstić information content (AvgIpc) is 2.71. The number of imide groups is 1. The zero-order chi connectivity index (χ0) is 13.8. The minimum atomic E-state index is -0.166. The zero-order valence-electron chi connectivity index (χ0n) is 10.9. The van der Waals surface area contributed by atoms with Crippen LogP contribution in [0.25, 0.3) is 0 Å². The predicted molar refractivity (Wildman–Crippen MR) is 73.7 cm³/mol. The van der Waals surface area contributed by atoms with Gasteiger partial charge >= 0.3 is 0 Å². The van der Waals surface area contributed by atoms with Gasteiger partial charge in [0.1, 0.15) is 0 Å². The highest BCUT2D eigenvalue weighted by atomic mass is 16.2. The summed E-state index contributed by atoms with van der Waals surface area (Å²) in [6, 6.07) is 5.73. The van der Waals surface area contributed by atoms with E-state index in [-0.39, 0.29) is 11.8 Å². The topological polar surface area (TPSA) is 89.4 Å². The first-order chi connectivity index (χ1) is 9.17.